The standard InChI is InChI=1S/C29H39N7O2/c1-5-7-14-36(13-6-2)27-17-26(33-23-11-12-25(31)22(15-23)18-30)34-29(35-27)21-9-8-10-24(16-21)38-19-28(37)32-20(3)4/h8-12,15-18,20,30H,5-7,13-14,19,31H2,1-4H3,(H,32,37)(H,33,34,35). The molecule has 202 valence electrons. The zero-order valence-electron chi connectivity index (χ0n) is 22.8. The van der Waals surface area contributed by atoms with Crippen LogP contribution in [0.25, 0.3) is 11.4 Å². The second-order valence-corrected chi connectivity index (χ2v) is 9.43. The second-order valence-electron chi connectivity index (χ2n) is 9.43. The lowest BCUT2D eigenvalue weighted by Gasteiger charge is -2.24. The molecule has 9 nitrogen and oxygen atoms in total. The first-order valence-corrected chi connectivity index (χ1v) is 13.2. The third kappa shape index (κ3) is 8.19. The van der Waals surface area contributed by atoms with E-state index in [0.717, 1.165) is 49.4 Å². The number of carbonyl (C=O) groups is 1. The maximum absolute atomic E-state index is 12.0. The first kappa shape index (κ1) is 28.4. The largest absolute Gasteiger partial charge is 0.484 e. The second kappa shape index (κ2) is 14.0. The van der Waals surface area contributed by atoms with E-state index < -0.39 is 0 Å². The molecule has 1 aromatic heterocycles. The van der Waals surface area contributed by atoms with Crippen molar-refractivity contribution >= 4 is 35.1 Å². The summed E-state index contributed by atoms with van der Waals surface area (Å²) in [5, 5.41) is 13.8. The molecular formula is C29H39N7O2. The minimum absolute atomic E-state index is 0.0504. The van der Waals surface area contributed by atoms with Crippen LogP contribution in [0.1, 0.15) is 52.5 Å². The molecule has 1 heterocycles. The van der Waals surface area contributed by atoms with Gasteiger partial charge in [-0.1, -0.05) is 32.4 Å². The van der Waals surface area contributed by atoms with Crippen molar-refractivity contribution in [2.24, 2.45) is 0 Å². The van der Waals surface area contributed by atoms with Crippen molar-refractivity contribution in [1.29, 1.82) is 5.41 Å². The molecule has 38 heavy (non-hydrogen) atoms. The van der Waals surface area contributed by atoms with Gasteiger partial charge in [-0.15, -0.1) is 0 Å². The number of nitrogens with zero attached hydrogens (tertiary/aromatic N) is 3. The quantitative estimate of drug-likeness (QED) is 0.167. The lowest BCUT2D eigenvalue weighted by atomic mass is 10.1. The summed E-state index contributed by atoms with van der Waals surface area (Å²) < 4.78 is 5.74. The lowest BCUT2D eigenvalue weighted by molar-refractivity contribution is -0.123. The molecule has 5 N–H and O–H groups in total. The summed E-state index contributed by atoms with van der Waals surface area (Å²) in [4.78, 5) is 24.0. The average Bonchev–Trinajstić information content (AvgIpc) is 2.90. The Morgan fingerprint density at radius 3 is 2.63 bits per heavy atom. The van der Waals surface area contributed by atoms with Crippen LogP contribution in [0.5, 0.6) is 5.75 Å². The molecule has 0 aliphatic carbocycles. The number of benzene rings is 2. The molecule has 0 saturated heterocycles. The van der Waals surface area contributed by atoms with Gasteiger partial charge in [-0.25, -0.2) is 9.97 Å². The molecule has 0 aliphatic heterocycles. The summed E-state index contributed by atoms with van der Waals surface area (Å²) in [6.07, 6.45) is 4.38. The van der Waals surface area contributed by atoms with E-state index in [-0.39, 0.29) is 18.6 Å². The number of amides is 1. The molecule has 0 saturated carbocycles. The number of hydrogen-bond acceptors (Lipinski definition) is 8. The Labute approximate surface area is 225 Å². The Hall–Kier alpha value is -4.14. The van der Waals surface area contributed by atoms with Crippen LogP contribution in [0.3, 0.4) is 0 Å². The van der Waals surface area contributed by atoms with Crippen LogP contribution in [-0.4, -0.2) is 47.8 Å². The van der Waals surface area contributed by atoms with Gasteiger partial charge in [0.25, 0.3) is 5.91 Å². The summed E-state index contributed by atoms with van der Waals surface area (Å²) >= 11 is 0. The van der Waals surface area contributed by atoms with Crippen molar-refractivity contribution in [3.05, 3.63) is 54.1 Å². The van der Waals surface area contributed by atoms with Gasteiger partial charge in [-0.2, -0.15) is 0 Å². The Morgan fingerprint density at radius 1 is 1.11 bits per heavy atom. The van der Waals surface area contributed by atoms with Crippen LogP contribution >= 0.6 is 0 Å². The van der Waals surface area contributed by atoms with E-state index in [9.17, 15) is 4.79 Å². The van der Waals surface area contributed by atoms with Gasteiger partial charge < -0.3 is 31.4 Å². The maximum Gasteiger partial charge on any atom is 0.258 e. The molecule has 9 heteroatoms. The lowest BCUT2D eigenvalue weighted by Crippen LogP contribution is -2.34. The number of ether oxygens (including phenoxy) is 1. The highest BCUT2D eigenvalue weighted by Gasteiger charge is 2.14. The Balaban J connectivity index is 1.97. The van der Waals surface area contributed by atoms with Crippen LogP contribution in [0.2, 0.25) is 0 Å². The highest BCUT2D eigenvalue weighted by Crippen LogP contribution is 2.28. The topological polar surface area (TPSA) is 129 Å². The number of aromatic nitrogens is 2. The van der Waals surface area contributed by atoms with E-state index in [1.54, 1.807) is 6.07 Å². The molecule has 0 fully saturated rings. The van der Waals surface area contributed by atoms with Gasteiger partial charge >= 0.3 is 0 Å². The van der Waals surface area contributed by atoms with Crippen molar-refractivity contribution in [1.82, 2.24) is 15.3 Å². The Morgan fingerprint density at radius 2 is 1.92 bits per heavy atom. The average molecular weight is 518 g/mol. The Kier molecular flexibility index (Phi) is 10.5. The van der Waals surface area contributed by atoms with Crippen molar-refractivity contribution < 1.29 is 9.53 Å². The first-order valence-electron chi connectivity index (χ1n) is 13.2. The number of carbonyl (C=O) groups excluding carboxylic acids is 1. The summed E-state index contributed by atoms with van der Waals surface area (Å²) in [5.74, 6) is 2.40. The molecule has 0 radical (unpaired) electrons. The van der Waals surface area contributed by atoms with Gasteiger partial charge in [0.2, 0.25) is 0 Å². The smallest absolute Gasteiger partial charge is 0.258 e. The highest BCUT2D eigenvalue weighted by molar-refractivity contribution is 5.87. The number of unbranched alkanes of at least 4 members (excludes halogenated alkanes) is 1. The van der Waals surface area contributed by atoms with E-state index in [2.05, 4.69) is 29.4 Å². The summed E-state index contributed by atoms with van der Waals surface area (Å²) in [5.41, 5.74) is 8.70. The zero-order valence-corrected chi connectivity index (χ0v) is 22.8. The van der Waals surface area contributed by atoms with Gasteiger partial charge in [0.1, 0.15) is 17.4 Å². The number of nitrogens with two attached hydrogens (primary N) is 1. The Bertz CT molecular complexity index is 1230. The monoisotopic (exact) mass is 517 g/mol. The van der Waals surface area contributed by atoms with Gasteiger partial charge in [0.15, 0.2) is 12.4 Å². The fraction of sp³-hybridized carbons (Fsp3) is 0.379. The third-order valence-corrected chi connectivity index (χ3v) is 5.74. The molecule has 0 atom stereocenters. The van der Waals surface area contributed by atoms with Crippen LogP contribution in [-0.2, 0) is 4.79 Å². The number of nitrogen functional groups attached to an aromatic ring is 1. The van der Waals surface area contributed by atoms with Crippen molar-refractivity contribution in [3.8, 4) is 17.1 Å². The van der Waals surface area contributed by atoms with E-state index in [4.69, 9.17) is 25.8 Å². The highest BCUT2D eigenvalue weighted by atomic mass is 16.5. The van der Waals surface area contributed by atoms with E-state index in [1.807, 2.05) is 56.3 Å². The summed E-state index contributed by atoms with van der Waals surface area (Å²) in [7, 11) is 0. The summed E-state index contributed by atoms with van der Waals surface area (Å²) in [6, 6.07) is 14.9. The fourth-order valence-electron chi connectivity index (χ4n) is 3.91. The van der Waals surface area contributed by atoms with Gasteiger partial charge in [0.05, 0.1) is 0 Å². The first-order chi connectivity index (χ1) is 18.3. The molecule has 0 spiro atoms. The van der Waals surface area contributed by atoms with Gasteiger partial charge in [-0.3, -0.25) is 4.79 Å². The molecule has 3 aromatic rings. The minimum atomic E-state index is -0.172. The van der Waals surface area contributed by atoms with E-state index in [1.165, 1.54) is 6.21 Å². The van der Waals surface area contributed by atoms with Crippen molar-refractivity contribution in [2.45, 2.75) is 53.0 Å². The molecular weight excluding hydrogens is 478 g/mol. The predicted octanol–water partition coefficient (Wildman–Crippen LogP) is 5.39. The molecule has 3 rings (SSSR count). The van der Waals surface area contributed by atoms with E-state index >= 15 is 0 Å². The van der Waals surface area contributed by atoms with Gasteiger partial charge in [-0.05, 0) is 57.0 Å². The van der Waals surface area contributed by atoms with Gasteiger partial charge in [0, 0.05) is 53.9 Å². The normalized spacial score (nSPS) is 10.8. The van der Waals surface area contributed by atoms with Crippen LogP contribution in [0.4, 0.5) is 23.0 Å². The maximum atomic E-state index is 12.0. The molecule has 1 amide bonds. The zero-order chi connectivity index (χ0) is 27.5. The predicted molar refractivity (Wildman–Crippen MR) is 156 cm³/mol. The van der Waals surface area contributed by atoms with Crippen LogP contribution < -0.4 is 26.0 Å². The minimum Gasteiger partial charge on any atom is -0.484 e. The number of nitrogens with one attached hydrogen (secondary N) is 3. The summed E-state index contributed by atoms with van der Waals surface area (Å²) in [6.45, 7) is 9.86. The number of rotatable bonds is 14. The number of anilines is 4. The van der Waals surface area contributed by atoms with Crippen molar-refractivity contribution in [3.63, 3.8) is 0 Å². The third-order valence-electron chi connectivity index (χ3n) is 5.74. The van der Waals surface area contributed by atoms with Crippen LogP contribution in [0.15, 0.2) is 48.5 Å². The molecule has 0 bridgehead atoms. The fourth-order valence-corrected chi connectivity index (χ4v) is 3.91. The van der Waals surface area contributed by atoms with Crippen LogP contribution in [0, 0.1) is 5.41 Å². The number of hydrogen-bond donors (Lipinski definition) is 4. The SMILES string of the molecule is CCCCN(CCC)c1cc(Nc2ccc(N)c(C=N)c2)nc(-c2cccc(OCC(=O)NC(C)C)c2)n1. The van der Waals surface area contributed by atoms with E-state index in [0.29, 0.717) is 28.6 Å². The van der Waals surface area contributed by atoms with Crippen molar-refractivity contribution in [2.75, 3.05) is 35.6 Å². The molecule has 0 unspecified atom stereocenters. The molecule has 0 aliphatic rings. The molecule has 2 aromatic carbocycles.